The van der Waals surface area contributed by atoms with Crippen molar-refractivity contribution >= 4 is 11.8 Å². The van der Waals surface area contributed by atoms with Crippen LogP contribution in [0.25, 0.3) is 0 Å². The van der Waals surface area contributed by atoms with Crippen molar-refractivity contribution in [2.45, 2.75) is 0 Å². The predicted molar refractivity (Wildman–Crippen MR) is 98.0 cm³/mol. The van der Waals surface area contributed by atoms with Crippen molar-refractivity contribution in [1.29, 1.82) is 0 Å². The van der Waals surface area contributed by atoms with Gasteiger partial charge in [-0.15, -0.1) is 0 Å². The van der Waals surface area contributed by atoms with E-state index in [1.807, 2.05) is 0 Å². The molecule has 0 fully saturated rings. The number of amides is 2. The molecule has 4 N–H and O–H groups in total. The van der Waals surface area contributed by atoms with E-state index in [4.69, 9.17) is 19.9 Å². The number of nitrogens with one attached hydrogen (secondary N) is 2. The second-order valence-electron chi connectivity index (χ2n) is 5.56. The number of benzene rings is 3. The van der Waals surface area contributed by atoms with Gasteiger partial charge in [0.05, 0.1) is 11.1 Å². The van der Waals surface area contributed by atoms with Gasteiger partial charge < -0.3 is 9.47 Å². The van der Waals surface area contributed by atoms with Crippen LogP contribution in [0.2, 0.25) is 0 Å². The predicted octanol–water partition coefficient (Wildman–Crippen LogP) is 3.51. The van der Waals surface area contributed by atoms with Crippen LogP contribution in [0.1, 0.15) is 20.7 Å². The number of hydroxylamine groups is 2. The summed E-state index contributed by atoms with van der Waals surface area (Å²) in [5.41, 5.74) is 2.92. The maximum Gasteiger partial charge on any atom is 0.278 e. The van der Waals surface area contributed by atoms with Crippen molar-refractivity contribution < 1.29 is 29.5 Å². The highest BCUT2D eigenvalue weighted by molar-refractivity contribution is 6.02. The van der Waals surface area contributed by atoms with Crippen molar-refractivity contribution in [1.82, 2.24) is 11.0 Å². The molecule has 0 saturated carbocycles. The molecule has 0 saturated heterocycles. The van der Waals surface area contributed by atoms with Crippen molar-refractivity contribution in [2.75, 3.05) is 0 Å². The Balaban J connectivity index is 2.10. The first kappa shape index (κ1) is 18.9. The lowest BCUT2D eigenvalue weighted by Crippen LogP contribution is -2.22. The van der Waals surface area contributed by atoms with E-state index in [1.54, 1.807) is 60.7 Å². The fourth-order valence-electron chi connectivity index (χ4n) is 2.44. The summed E-state index contributed by atoms with van der Waals surface area (Å²) in [7, 11) is 0. The normalized spacial score (nSPS) is 10.1. The Morgan fingerprint density at radius 1 is 0.643 bits per heavy atom. The number of hydrogen-bond acceptors (Lipinski definition) is 6. The average molecular weight is 380 g/mol. The van der Waals surface area contributed by atoms with Crippen LogP contribution in [-0.2, 0) is 0 Å². The van der Waals surface area contributed by atoms with Crippen LogP contribution in [0.5, 0.6) is 23.0 Å². The molecule has 0 spiro atoms. The SMILES string of the molecule is O=C(NO)c1cc(Oc2ccccc2)c(C(=O)NO)cc1Oc1ccccc1. The van der Waals surface area contributed by atoms with Crippen molar-refractivity contribution in [2.24, 2.45) is 0 Å². The third kappa shape index (κ3) is 4.26. The zero-order valence-electron chi connectivity index (χ0n) is 14.5. The van der Waals surface area contributed by atoms with Gasteiger partial charge in [-0.05, 0) is 36.4 Å². The quantitative estimate of drug-likeness (QED) is 0.384. The maximum absolute atomic E-state index is 12.1. The fraction of sp³-hybridized carbons (Fsp3) is 0. The summed E-state index contributed by atoms with van der Waals surface area (Å²) in [4.78, 5) is 24.3. The minimum Gasteiger partial charge on any atom is -0.457 e. The zero-order chi connectivity index (χ0) is 19.9. The summed E-state index contributed by atoms with van der Waals surface area (Å²) < 4.78 is 11.4. The molecular formula is C20H16N2O6. The minimum absolute atomic E-state index is 0.0169. The largest absolute Gasteiger partial charge is 0.457 e. The molecule has 0 atom stereocenters. The monoisotopic (exact) mass is 380 g/mol. The van der Waals surface area contributed by atoms with Gasteiger partial charge in [0.1, 0.15) is 23.0 Å². The molecule has 3 aromatic rings. The van der Waals surface area contributed by atoms with Gasteiger partial charge in [0, 0.05) is 0 Å². The second kappa shape index (κ2) is 8.67. The summed E-state index contributed by atoms with van der Waals surface area (Å²) in [6.07, 6.45) is 0. The van der Waals surface area contributed by atoms with E-state index >= 15 is 0 Å². The highest BCUT2D eigenvalue weighted by atomic mass is 16.5. The fourth-order valence-corrected chi connectivity index (χ4v) is 2.44. The van der Waals surface area contributed by atoms with Crippen LogP contribution < -0.4 is 20.4 Å². The Bertz CT molecular complexity index is 895. The molecule has 28 heavy (non-hydrogen) atoms. The zero-order valence-corrected chi connectivity index (χ0v) is 14.5. The summed E-state index contributed by atoms with van der Waals surface area (Å²) in [5, 5.41) is 18.1. The molecule has 0 bridgehead atoms. The third-order valence-electron chi connectivity index (χ3n) is 3.72. The highest BCUT2D eigenvalue weighted by Gasteiger charge is 2.22. The smallest absolute Gasteiger partial charge is 0.278 e. The lowest BCUT2D eigenvalue weighted by Gasteiger charge is -2.16. The van der Waals surface area contributed by atoms with Gasteiger partial charge in [-0.25, -0.2) is 11.0 Å². The number of rotatable bonds is 6. The van der Waals surface area contributed by atoms with Crippen molar-refractivity contribution in [3.8, 4) is 23.0 Å². The number of carbonyl (C=O) groups is 2. The van der Waals surface area contributed by atoms with Gasteiger partial charge in [0.25, 0.3) is 11.8 Å². The van der Waals surface area contributed by atoms with Gasteiger partial charge in [-0.3, -0.25) is 20.0 Å². The second-order valence-corrected chi connectivity index (χ2v) is 5.56. The van der Waals surface area contributed by atoms with Crippen LogP contribution in [0.4, 0.5) is 0 Å². The van der Waals surface area contributed by atoms with E-state index < -0.39 is 11.8 Å². The van der Waals surface area contributed by atoms with Crippen LogP contribution in [0, 0.1) is 0 Å². The Hall–Kier alpha value is -3.88. The van der Waals surface area contributed by atoms with Crippen LogP contribution in [0.3, 0.4) is 0 Å². The molecule has 8 heteroatoms. The Morgan fingerprint density at radius 2 is 1.00 bits per heavy atom. The van der Waals surface area contributed by atoms with E-state index in [9.17, 15) is 9.59 Å². The van der Waals surface area contributed by atoms with Gasteiger partial charge >= 0.3 is 0 Å². The lowest BCUT2D eigenvalue weighted by molar-refractivity contribution is 0.0693. The van der Waals surface area contributed by atoms with Gasteiger partial charge in [-0.1, -0.05) is 36.4 Å². The van der Waals surface area contributed by atoms with Crippen LogP contribution in [-0.4, -0.2) is 22.2 Å². The summed E-state index contributed by atoms with van der Waals surface area (Å²) in [5.74, 6) is -0.948. The molecule has 0 radical (unpaired) electrons. The van der Waals surface area contributed by atoms with Crippen molar-refractivity contribution in [3.63, 3.8) is 0 Å². The molecular weight excluding hydrogens is 364 g/mol. The maximum atomic E-state index is 12.1. The Kier molecular flexibility index (Phi) is 5.85. The lowest BCUT2D eigenvalue weighted by atomic mass is 10.1. The Labute approximate surface area is 159 Å². The molecule has 0 heterocycles. The number of carbonyl (C=O) groups excluding carboxylic acids is 2. The topological polar surface area (TPSA) is 117 Å². The molecule has 0 unspecified atom stereocenters. The minimum atomic E-state index is -0.861. The van der Waals surface area contributed by atoms with Crippen LogP contribution in [0.15, 0.2) is 72.8 Å². The molecule has 2 amide bonds. The molecule has 3 rings (SSSR count). The Morgan fingerprint density at radius 3 is 1.32 bits per heavy atom. The number of ether oxygens (including phenoxy) is 2. The summed E-state index contributed by atoms with van der Waals surface area (Å²) >= 11 is 0. The van der Waals surface area contributed by atoms with Crippen molar-refractivity contribution in [3.05, 3.63) is 83.9 Å². The molecule has 3 aromatic carbocycles. The first-order valence-electron chi connectivity index (χ1n) is 8.15. The molecule has 0 aromatic heterocycles. The first-order chi connectivity index (χ1) is 13.6. The molecule has 0 aliphatic carbocycles. The van der Waals surface area contributed by atoms with Gasteiger partial charge in [0.2, 0.25) is 0 Å². The average Bonchev–Trinajstić information content (AvgIpc) is 2.74. The van der Waals surface area contributed by atoms with Crippen LogP contribution >= 0.6 is 0 Å². The van der Waals surface area contributed by atoms with E-state index in [1.165, 1.54) is 23.1 Å². The highest BCUT2D eigenvalue weighted by Crippen LogP contribution is 2.34. The van der Waals surface area contributed by atoms with E-state index in [0.29, 0.717) is 11.5 Å². The van der Waals surface area contributed by atoms with E-state index in [2.05, 4.69) is 0 Å². The molecule has 0 aliphatic heterocycles. The number of para-hydroxylation sites is 2. The van der Waals surface area contributed by atoms with E-state index in [0.717, 1.165) is 0 Å². The molecule has 8 nitrogen and oxygen atoms in total. The standard InChI is InChI=1S/C20H16N2O6/c23-19(21-25)15-12-18(28-14-9-5-2-6-10-14)16(20(24)22-26)11-17(15)27-13-7-3-1-4-8-13/h1-12,25-26H,(H,21,23)(H,22,24). The van der Waals surface area contributed by atoms with E-state index in [-0.39, 0.29) is 22.6 Å². The molecule has 0 aliphatic rings. The van der Waals surface area contributed by atoms with Gasteiger partial charge in [-0.2, -0.15) is 0 Å². The summed E-state index contributed by atoms with van der Waals surface area (Å²) in [6, 6.07) is 19.6. The molecule has 142 valence electrons. The summed E-state index contributed by atoms with van der Waals surface area (Å²) in [6.45, 7) is 0. The third-order valence-corrected chi connectivity index (χ3v) is 3.72. The van der Waals surface area contributed by atoms with Gasteiger partial charge in [0.15, 0.2) is 0 Å². The number of hydrogen-bond donors (Lipinski definition) is 4. The first-order valence-corrected chi connectivity index (χ1v) is 8.15.